The number of para-hydroxylation sites is 1. The van der Waals surface area contributed by atoms with Gasteiger partial charge in [0, 0.05) is 13.1 Å². The van der Waals surface area contributed by atoms with Gasteiger partial charge in [0.2, 0.25) is 17.7 Å². The molecule has 10 heteroatoms. The lowest BCUT2D eigenvalue weighted by molar-refractivity contribution is -0.139. The van der Waals surface area contributed by atoms with Gasteiger partial charge in [-0.3, -0.25) is 19.2 Å². The Balaban J connectivity index is 1.89. The molecule has 174 valence electrons. The minimum absolute atomic E-state index is 0.144. The van der Waals surface area contributed by atoms with Crippen LogP contribution in [0.2, 0.25) is 0 Å². The zero-order valence-corrected chi connectivity index (χ0v) is 18.4. The molecule has 2 heterocycles. The molecule has 1 aromatic carbocycles. The first-order valence-corrected chi connectivity index (χ1v) is 10.8. The normalized spacial score (nSPS) is 23.2. The Bertz CT molecular complexity index is 853. The Morgan fingerprint density at radius 2 is 1.78 bits per heavy atom. The number of rotatable bonds is 2. The Kier molecular flexibility index (Phi) is 8.04. The number of carbonyl (C=O) groups excluding carboxylic acids is 4. The van der Waals surface area contributed by atoms with Gasteiger partial charge in [0.1, 0.15) is 24.4 Å². The molecule has 3 N–H and O–H groups in total. The summed E-state index contributed by atoms with van der Waals surface area (Å²) in [6.45, 7) is 5.54. The second-order valence-corrected chi connectivity index (χ2v) is 8.09. The molecule has 10 nitrogen and oxygen atoms in total. The fourth-order valence-electron chi connectivity index (χ4n) is 3.62. The zero-order chi connectivity index (χ0) is 23.1. The van der Waals surface area contributed by atoms with Crippen molar-refractivity contribution >= 4 is 23.6 Å². The molecule has 3 rings (SSSR count). The minimum Gasteiger partial charge on any atom is -0.491 e. The molecule has 0 radical (unpaired) electrons. The lowest BCUT2D eigenvalue weighted by Crippen LogP contribution is -2.55. The van der Waals surface area contributed by atoms with Gasteiger partial charge in [0.25, 0.3) is 5.91 Å². The van der Waals surface area contributed by atoms with Crippen molar-refractivity contribution in [2.24, 2.45) is 5.92 Å². The Morgan fingerprint density at radius 3 is 2.50 bits per heavy atom. The van der Waals surface area contributed by atoms with Crippen LogP contribution in [0.1, 0.15) is 30.6 Å². The molecule has 0 aliphatic carbocycles. The maximum atomic E-state index is 13.1. The molecule has 0 aromatic heterocycles. The highest BCUT2D eigenvalue weighted by atomic mass is 16.5. The van der Waals surface area contributed by atoms with Gasteiger partial charge < -0.3 is 30.3 Å². The summed E-state index contributed by atoms with van der Waals surface area (Å²) in [4.78, 5) is 53.1. The number of benzene rings is 1. The van der Waals surface area contributed by atoms with Crippen molar-refractivity contribution in [1.29, 1.82) is 0 Å². The van der Waals surface area contributed by atoms with Crippen molar-refractivity contribution in [2.45, 2.75) is 32.4 Å². The molecule has 2 atom stereocenters. The number of nitrogens with one attached hydrogen (secondary N) is 3. The highest BCUT2D eigenvalue weighted by molar-refractivity contribution is 6.01. The molecule has 0 spiro atoms. The van der Waals surface area contributed by atoms with E-state index in [1.165, 1.54) is 0 Å². The number of nitrogens with zero attached hydrogens (tertiary/aromatic N) is 1. The van der Waals surface area contributed by atoms with Crippen molar-refractivity contribution in [3.05, 3.63) is 29.8 Å². The third-order valence-electron chi connectivity index (χ3n) is 5.37. The molecule has 4 amide bonds. The molecule has 0 bridgehead atoms. The van der Waals surface area contributed by atoms with Gasteiger partial charge in [0.15, 0.2) is 0 Å². The minimum atomic E-state index is -1.09. The maximum Gasteiger partial charge on any atom is 0.255 e. The summed E-state index contributed by atoms with van der Waals surface area (Å²) in [7, 11) is 0. The molecule has 1 aromatic rings. The first-order chi connectivity index (χ1) is 15.4. The largest absolute Gasteiger partial charge is 0.491 e. The van der Waals surface area contributed by atoms with Crippen molar-refractivity contribution in [2.75, 3.05) is 39.5 Å². The fraction of sp³-hybridized carbons (Fsp3) is 0.545. The van der Waals surface area contributed by atoms with E-state index in [1.54, 1.807) is 29.2 Å². The molecule has 2 aliphatic rings. The SMILES string of the molecule is CC(C)[C@H]1NC(=O)C[C@@H](C(=O)N2CCOCC2)NC(=O)c2ccccc2OCCNC1=O. The topological polar surface area (TPSA) is 126 Å². The van der Waals surface area contributed by atoms with Crippen LogP contribution in [-0.2, 0) is 19.1 Å². The molecule has 0 saturated carbocycles. The lowest BCUT2D eigenvalue weighted by atomic mass is 10.0. The van der Waals surface area contributed by atoms with Gasteiger partial charge in [-0.05, 0) is 18.1 Å². The summed E-state index contributed by atoms with van der Waals surface area (Å²) in [5.74, 6) is -1.54. The number of ether oxygens (including phenoxy) is 2. The van der Waals surface area contributed by atoms with Gasteiger partial charge in [0.05, 0.1) is 31.7 Å². The van der Waals surface area contributed by atoms with Crippen LogP contribution in [0.5, 0.6) is 5.75 Å². The zero-order valence-electron chi connectivity index (χ0n) is 18.4. The molecule has 0 unspecified atom stereocenters. The van der Waals surface area contributed by atoms with Gasteiger partial charge >= 0.3 is 0 Å². The van der Waals surface area contributed by atoms with Crippen LogP contribution in [0, 0.1) is 5.92 Å². The first kappa shape index (κ1) is 23.5. The van der Waals surface area contributed by atoms with Gasteiger partial charge in [-0.25, -0.2) is 0 Å². The number of morpholine rings is 1. The van der Waals surface area contributed by atoms with Gasteiger partial charge in [-0.2, -0.15) is 0 Å². The third kappa shape index (κ3) is 5.97. The monoisotopic (exact) mass is 446 g/mol. The Morgan fingerprint density at radius 1 is 1.06 bits per heavy atom. The lowest BCUT2D eigenvalue weighted by Gasteiger charge is -2.31. The number of hydrogen-bond donors (Lipinski definition) is 3. The van der Waals surface area contributed by atoms with Gasteiger partial charge in [-0.15, -0.1) is 0 Å². The van der Waals surface area contributed by atoms with E-state index >= 15 is 0 Å². The molecule has 1 saturated heterocycles. The van der Waals surface area contributed by atoms with Crippen LogP contribution < -0.4 is 20.7 Å². The van der Waals surface area contributed by atoms with E-state index in [2.05, 4.69) is 16.0 Å². The number of hydrogen-bond acceptors (Lipinski definition) is 6. The van der Waals surface area contributed by atoms with Crippen molar-refractivity contribution in [3.63, 3.8) is 0 Å². The summed E-state index contributed by atoms with van der Waals surface area (Å²) in [6, 6.07) is 4.78. The molecule has 2 aliphatic heterocycles. The van der Waals surface area contributed by atoms with E-state index in [0.29, 0.717) is 32.1 Å². The van der Waals surface area contributed by atoms with E-state index in [0.717, 1.165) is 0 Å². The van der Waals surface area contributed by atoms with Crippen LogP contribution in [0.4, 0.5) is 0 Å². The third-order valence-corrected chi connectivity index (χ3v) is 5.37. The molecular formula is C22H30N4O6. The summed E-state index contributed by atoms with van der Waals surface area (Å²) < 4.78 is 11.0. The number of carbonyl (C=O) groups is 4. The second kappa shape index (κ2) is 10.9. The average molecular weight is 447 g/mol. The Hall–Kier alpha value is -3.14. The van der Waals surface area contributed by atoms with E-state index in [1.807, 2.05) is 13.8 Å². The van der Waals surface area contributed by atoms with Crippen molar-refractivity contribution in [1.82, 2.24) is 20.9 Å². The first-order valence-electron chi connectivity index (χ1n) is 10.8. The van der Waals surface area contributed by atoms with Crippen LogP contribution in [0.15, 0.2) is 24.3 Å². The average Bonchev–Trinajstić information content (AvgIpc) is 2.79. The highest BCUT2D eigenvalue weighted by Gasteiger charge is 2.32. The standard InChI is InChI=1S/C22H30N4O6/c1-14(2)19-21(29)23-7-10-32-17-6-4-3-5-15(17)20(28)24-16(13-18(27)25-19)22(30)26-8-11-31-12-9-26/h3-6,14,16,19H,7-13H2,1-2H3,(H,23,29)(H,24,28)(H,25,27)/t16-,19+/m0/s1. The van der Waals surface area contributed by atoms with Crippen LogP contribution in [0.3, 0.4) is 0 Å². The summed E-state index contributed by atoms with van der Waals surface area (Å²) in [6.07, 6.45) is -0.290. The summed E-state index contributed by atoms with van der Waals surface area (Å²) in [5.41, 5.74) is 0.246. The molecule has 32 heavy (non-hydrogen) atoms. The maximum absolute atomic E-state index is 13.1. The number of amides is 4. The van der Waals surface area contributed by atoms with Gasteiger partial charge in [-0.1, -0.05) is 26.0 Å². The van der Waals surface area contributed by atoms with Crippen LogP contribution >= 0.6 is 0 Å². The predicted molar refractivity (Wildman–Crippen MR) is 115 cm³/mol. The fourth-order valence-corrected chi connectivity index (χ4v) is 3.62. The molecular weight excluding hydrogens is 416 g/mol. The Labute approximate surface area is 187 Å². The van der Waals surface area contributed by atoms with E-state index < -0.39 is 23.9 Å². The summed E-state index contributed by atoms with van der Waals surface area (Å²) in [5, 5.41) is 8.15. The van der Waals surface area contributed by atoms with E-state index in [4.69, 9.17) is 9.47 Å². The predicted octanol–water partition coefficient (Wildman–Crippen LogP) is -0.317. The van der Waals surface area contributed by atoms with Crippen molar-refractivity contribution < 1.29 is 28.7 Å². The van der Waals surface area contributed by atoms with E-state index in [9.17, 15) is 19.2 Å². The summed E-state index contributed by atoms with van der Waals surface area (Å²) >= 11 is 0. The second-order valence-electron chi connectivity index (χ2n) is 8.09. The number of fused-ring (bicyclic) bond motifs is 1. The quantitative estimate of drug-likeness (QED) is 0.572. The van der Waals surface area contributed by atoms with Crippen LogP contribution in [0.25, 0.3) is 0 Å². The van der Waals surface area contributed by atoms with Crippen molar-refractivity contribution in [3.8, 4) is 5.75 Å². The van der Waals surface area contributed by atoms with E-state index in [-0.39, 0.29) is 42.9 Å². The molecule has 1 fully saturated rings. The smallest absolute Gasteiger partial charge is 0.255 e. The highest BCUT2D eigenvalue weighted by Crippen LogP contribution is 2.18. The van der Waals surface area contributed by atoms with Crippen LogP contribution in [-0.4, -0.2) is 80.1 Å².